The molecule has 5 nitrogen and oxygen atoms in total. The monoisotopic (exact) mass is 343 g/mol. The van der Waals surface area contributed by atoms with Crippen molar-refractivity contribution in [3.63, 3.8) is 0 Å². The molecule has 0 saturated carbocycles. The fourth-order valence-electron chi connectivity index (χ4n) is 1.37. The van der Waals surface area contributed by atoms with Gasteiger partial charge in [-0.15, -0.1) is 0 Å². The molecule has 2 N–H and O–H groups in total. The molecule has 1 heterocycles. The number of halogens is 1. The predicted molar refractivity (Wildman–Crippen MR) is 72.6 cm³/mol. The van der Waals surface area contributed by atoms with E-state index >= 15 is 0 Å². The smallest absolute Gasteiger partial charge is 0.271 e. The molecule has 0 aliphatic carbocycles. The van der Waals surface area contributed by atoms with E-state index in [2.05, 4.69) is 38.4 Å². The molecular formula is C11H10IN3O2. The molecule has 1 aromatic carbocycles. The Balaban J connectivity index is 2.02. The van der Waals surface area contributed by atoms with Crippen LogP contribution in [-0.2, 0) is 9.59 Å². The fraction of sp³-hybridized carbons (Fsp3) is 0.182. The molecule has 0 aromatic heterocycles. The topological polar surface area (TPSA) is 70.6 Å². The zero-order valence-electron chi connectivity index (χ0n) is 8.87. The average Bonchev–Trinajstić information content (AvgIpc) is 2.33. The summed E-state index contributed by atoms with van der Waals surface area (Å²) >= 11 is 2.19. The number of rotatable bonds is 2. The summed E-state index contributed by atoms with van der Waals surface area (Å²) in [6.45, 7) is 0. The van der Waals surface area contributed by atoms with Crippen LogP contribution in [0.4, 0.5) is 5.69 Å². The molecule has 6 heteroatoms. The second-order valence-electron chi connectivity index (χ2n) is 3.55. The van der Waals surface area contributed by atoms with Crippen LogP contribution in [0.25, 0.3) is 0 Å². The number of carbonyl (C=O) groups is 2. The summed E-state index contributed by atoms with van der Waals surface area (Å²) in [5.74, 6) is -0.429. The molecule has 1 aliphatic rings. The van der Waals surface area contributed by atoms with Crippen LogP contribution in [0.1, 0.15) is 12.8 Å². The molecule has 17 heavy (non-hydrogen) atoms. The molecule has 1 aromatic rings. The van der Waals surface area contributed by atoms with Gasteiger partial charge in [-0.3, -0.25) is 9.59 Å². The van der Waals surface area contributed by atoms with Crippen LogP contribution >= 0.6 is 22.6 Å². The third-order valence-electron chi connectivity index (χ3n) is 2.27. The summed E-state index contributed by atoms with van der Waals surface area (Å²) in [6.07, 6.45) is 0.682. The van der Waals surface area contributed by atoms with E-state index in [1.807, 2.05) is 24.3 Å². The van der Waals surface area contributed by atoms with Crippen molar-refractivity contribution in [1.82, 2.24) is 5.43 Å². The maximum atomic E-state index is 11.8. The molecule has 0 bridgehead atoms. The van der Waals surface area contributed by atoms with Gasteiger partial charge in [0.1, 0.15) is 5.71 Å². The van der Waals surface area contributed by atoms with E-state index in [-0.39, 0.29) is 11.8 Å². The van der Waals surface area contributed by atoms with E-state index in [1.54, 1.807) is 0 Å². The van der Waals surface area contributed by atoms with Gasteiger partial charge in [-0.25, -0.2) is 5.43 Å². The molecule has 0 atom stereocenters. The summed E-state index contributed by atoms with van der Waals surface area (Å²) in [4.78, 5) is 22.6. The number of hydrogen-bond donors (Lipinski definition) is 2. The van der Waals surface area contributed by atoms with E-state index in [4.69, 9.17) is 0 Å². The summed E-state index contributed by atoms with van der Waals surface area (Å²) in [7, 11) is 0. The summed E-state index contributed by atoms with van der Waals surface area (Å²) < 4.78 is 1.10. The van der Waals surface area contributed by atoms with Crippen LogP contribution < -0.4 is 10.7 Å². The first kappa shape index (κ1) is 12.0. The van der Waals surface area contributed by atoms with Crippen LogP contribution in [0.15, 0.2) is 29.4 Å². The Hall–Kier alpha value is -1.44. The normalized spacial score (nSPS) is 14.9. The molecule has 1 aliphatic heterocycles. The Morgan fingerprint density at radius 2 is 2.00 bits per heavy atom. The highest BCUT2D eigenvalue weighted by Gasteiger charge is 2.18. The molecule has 0 spiro atoms. The van der Waals surface area contributed by atoms with Gasteiger partial charge in [-0.2, -0.15) is 5.10 Å². The van der Waals surface area contributed by atoms with E-state index in [0.29, 0.717) is 18.6 Å². The number of nitrogens with one attached hydrogen (secondary N) is 2. The number of carbonyl (C=O) groups excluding carboxylic acids is 2. The highest BCUT2D eigenvalue weighted by atomic mass is 127. The van der Waals surface area contributed by atoms with Gasteiger partial charge in [-0.1, -0.05) is 0 Å². The first-order valence-electron chi connectivity index (χ1n) is 5.07. The molecule has 88 valence electrons. The van der Waals surface area contributed by atoms with Gasteiger partial charge in [0.2, 0.25) is 5.91 Å². The largest absolute Gasteiger partial charge is 0.321 e. The first-order chi connectivity index (χ1) is 8.15. The maximum absolute atomic E-state index is 11.8. The molecule has 2 rings (SSSR count). The third kappa shape index (κ3) is 3.26. The zero-order valence-corrected chi connectivity index (χ0v) is 11.0. The average molecular weight is 343 g/mol. The lowest BCUT2D eigenvalue weighted by molar-refractivity contribution is -0.121. The van der Waals surface area contributed by atoms with Gasteiger partial charge in [0.25, 0.3) is 5.91 Å². The number of nitrogens with zero attached hydrogens (tertiary/aromatic N) is 1. The van der Waals surface area contributed by atoms with Crippen LogP contribution in [0.5, 0.6) is 0 Å². The molecule has 0 radical (unpaired) electrons. The van der Waals surface area contributed by atoms with Crippen molar-refractivity contribution in [3.8, 4) is 0 Å². The van der Waals surface area contributed by atoms with Crippen molar-refractivity contribution >= 4 is 45.8 Å². The Kier molecular flexibility index (Phi) is 3.72. The minimum absolute atomic E-state index is 0.157. The SMILES string of the molecule is O=C1CCC(C(=O)Nc2ccc(I)cc2)=NN1. The number of hydrazone groups is 1. The second-order valence-corrected chi connectivity index (χ2v) is 4.80. The van der Waals surface area contributed by atoms with Gasteiger partial charge >= 0.3 is 0 Å². The van der Waals surface area contributed by atoms with E-state index < -0.39 is 0 Å². The Morgan fingerprint density at radius 1 is 1.29 bits per heavy atom. The van der Waals surface area contributed by atoms with Crippen molar-refractivity contribution < 1.29 is 9.59 Å². The highest BCUT2D eigenvalue weighted by Crippen LogP contribution is 2.11. The van der Waals surface area contributed by atoms with Gasteiger partial charge in [0, 0.05) is 22.1 Å². The number of benzene rings is 1. The Bertz CT molecular complexity index is 482. The van der Waals surface area contributed by atoms with Gasteiger partial charge in [0.05, 0.1) is 0 Å². The summed E-state index contributed by atoms with van der Waals surface area (Å²) in [5, 5.41) is 6.46. The lowest BCUT2D eigenvalue weighted by Gasteiger charge is -2.11. The summed E-state index contributed by atoms with van der Waals surface area (Å²) in [6, 6.07) is 7.45. The lowest BCUT2D eigenvalue weighted by Crippen LogP contribution is -2.32. The van der Waals surface area contributed by atoms with E-state index in [9.17, 15) is 9.59 Å². The predicted octanol–water partition coefficient (Wildman–Crippen LogP) is 1.50. The molecule has 0 fully saturated rings. The molecular weight excluding hydrogens is 333 g/mol. The van der Waals surface area contributed by atoms with Crippen molar-refractivity contribution in [2.75, 3.05) is 5.32 Å². The number of amides is 2. The van der Waals surface area contributed by atoms with Gasteiger partial charge in [-0.05, 0) is 46.9 Å². The lowest BCUT2D eigenvalue weighted by atomic mass is 10.1. The summed E-state index contributed by atoms with van der Waals surface area (Å²) in [5.41, 5.74) is 3.36. The fourth-order valence-corrected chi connectivity index (χ4v) is 1.73. The van der Waals surface area contributed by atoms with E-state index in [1.165, 1.54) is 0 Å². The minimum atomic E-state index is -0.272. The minimum Gasteiger partial charge on any atom is -0.321 e. The maximum Gasteiger partial charge on any atom is 0.271 e. The number of hydrogen-bond acceptors (Lipinski definition) is 3. The standard InChI is InChI=1S/C11H10IN3O2/c12-7-1-3-8(4-2-7)13-11(17)9-5-6-10(16)15-14-9/h1-4H,5-6H2,(H,13,17)(H,15,16). The zero-order chi connectivity index (χ0) is 12.3. The molecule has 2 amide bonds. The first-order valence-corrected chi connectivity index (χ1v) is 6.15. The van der Waals surface area contributed by atoms with Crippen LogP contribution in [-0.4, -0.2) is 17.5 Å². The highest BCUT2D eigenvalue weighted by molar-refractivity contribution is 14.1. The Morgan fingerprint density at radius 3 is 2.59 bits per heavy atom. The third-order valence-corrected chi connectivity index (χ3v) is 2.99. The second kappa shape index (κ2) is 5.26. The van der Waals surface area contributed by atoms with E-state index in [0.717, 1.165) is 9.26 Å². The van der Waals surface area contributed by atoms with Crippen molar-refractivity contribution in [1.29, 1.82) is 0 Å². The van der Waals surface area contributed by atoms with Gasteiger partial charge in [0.15, 0.2) is 0 Å². The van der Waals surface area contributed by atoms with Gasteiger partial charge < -0.3 is 5.32 Å². The van der Waals surface area contributed by atoms with Crippen LogP contribution in [0.3, 0.4) is 0 Å². The van der Waals surface area contributed by atoms with Crippen LogP contribution in [0, 0.1) is 3.57 Å². The molecule has 0 saturated heterocycles. The van der Waals surface area contributed by atoms with Crippen molar-refractivity contribution in [3.05, 3.63) is 27.8 Å². The van der Waals surface area contributed by atoms with Crippen molar-refractivity contribution in [2.45, 2.75) is 12.8 Å². The quantitative estimate of drug-likeness (QED) is 0.799. The van der Waals surface area contributed by atoms with Crippen molar-refractivity contribution in [2.24, 2.45) is 5.10 Å². The Labute approximate surface area is 112 Å². The number of anilines is 1. The van der Waals surface area contributed by atoms with Crippen LogP contribution in [0.2, 0.25) is 0 Å². The molecule has 0 unspecified atom stereocenters.